The summed E-state index contributed by atoms with van der Waals surface area (Å²) in [7, 11) is 1.69. The van der Waals surface area contributed by atoms with Crippen LogP contribution >= 0.6 is 0 Å². The highest BCUT2D eigenvalue weighted by Crippen LogP contribution is 2.35. The third-order valence-electron chi connectivity index (χ3n) is 7.07. The van der Waals surface area contributed by atoms with Crippen molar-refractivity contribution < 1.29 is 19.2 Å². The van der Waals surface area contributed by atoms with Crippen molar-refractivity contribution in [3.63, 3.8) is 0 Å². The van der Waals surface area contributed by atoms with Crippen LogP contribution in [0.5, 0.6) is 5.75 Å². The zero-order valence-corrected chi connectivity index (χ0v) is 20.2. The third-order valence-corrected chi connectivity index (χ3v) is 7.07. The molecule has 2 aliphatic rings. The van der Waals surface area contributed by atoms with Gasteiger partial charge in [0.05, 0.1) is 23.1 Å². The Bertz CT molecular complexity index is 1310. The normalized spacial score (nSPS) is 16.0. The van der Waals surface area contributed by atoms with Crippen LogP contribution in [-0.4, -0.2) is 72.9 Å². The minimum absolute atomic E-state index is 0.101. The van der Waals surface area contributed by atoms with Gasteiger partial charge < -0.3 is 9.64 Å². The van der Waals surface area contributed by atoms with Gasteiger partial charge in [-0.15, -0.1) is 0 Å². The van der Waals surface area contributed by atoms with Gasteiger partial charge in [-0.05, 0) is 49.7 Å². The van der Waals surface area contributed by atoms with Crippen LogP contribution in [0.15, 0.2) is 54.6 Å². The maximum atomic E-state index is 13.1. The molecule has 0 unspecified atom stereocenters. The monoisotopic (exact) mass is 488 g/mol. The molecule has 0 saturated carbocycles. The number of nitro groups is 1. The van der Waals surface area contributed by atoms with Crippen LogP contribution in [0, 0.1) is 10.1 Å². The van der Waals surface area contributed by atoms with Crippen LogP contribution in [0.1, 0.15) is 33.6 Å². The summed E-state index contributed by atoms with van der Waals surface area (Å²) in [4.78, 5) is 43.2. The van der Waals surface area contributed by atoms with Crippen molar-refractivity contribution in [1.29, 1.82) is 0 Å². The van der Waals surface area contributed by atoms with Crippen molar-refractivity contribution in [2.45, 2.75) is 12.8 Å². The maximum absolute atomic E-state index is 13.1. The van der Waals surface area contributed by atoms with Gasteiger partial charge in [0.2, 0.25) is 0 Å². The van der Waals surface area contributed by atoms with E-state index in [-0.39, 0.29) is 17.5 Å². The minimum Gasteiger partial charge on any atom is -0.495 e. The highest BCUT2D eigenvalue weighted by Gasteiger charge is 2.34. The van der Waals surface area contributed by atoms with Crippen molar-refractivity contribution in [1.82, 2.24) is 9.80 Å². The molecular weight excluding hydrogens is 460 g/mol. The van der Waals surface area contributed by atoms with Gasteiger partial charge in [-0.1, -0.05) is 18.2 Å². The van der Waals surface area contributed by atoms with Crippen molar-refractivity contribution in [3.8, 4) is 5.75 Å². The molecule has 3 aromatic rings. The number of carbonyl (C=O) groups excluding carboxylic acids is 2. The molecule has 3 aromatic carbocycles. The van der Waals surface area contributed by atoms with Gasteiger partial charge in [0.25, 0.3) is 17.5 Å². The standard InChI is InChI=1S/C27H28N4O5/c1-36-24-10-3-2-9-23(24)29-17-15-28(16-18-29)13-4-5-14-30-26(32)20-8-6-7-19-22(31(34)35)12-11-21(25(19)20)27(30)33/h2-3,6-12H,4-5,13-18H2,1H3. The highest BCUT2D eigenvalue weighted by atomic mass is 16.6. The Morgan fingerprint density at radius 1 is 0.861 bits per heavy atom. The van der Waals surface area contributed by atoms with Gasteiger partial charge in [0.15, 0.2) is 0 Å². The Labute approximate surface area is 209 Å². The molecule has 0 spiro atoms. The number of ether oxygens (including phenoxy) is 1. The van der Waals surface area contributed by atoms with Gasteiger partial charge in [0.1, 0.15) is 5.75 Å². The smallest absolute Gasteiger partial charge is 0.277 e. The maximum Gasteiger partial charge on any atom is 0.277 e. The number of amides is 2. The number of hydrogen-bond acceptors (Lipinski definition) is 7. The molecule has 0 radical (unpaired) electrons. The number of hydrogen-bond donors (Lipinski definition) is 0. The number of rotatable bonds is 8. The van der Waals surface area contributed by atoms with Crippen LogP contribution in [0.4, 0.5) is 11.4 Å². The number of nitrogens with zero attached hydrogens (tertiary/aromatic N) is 4. The minimum atomic E-state index is -0.486. The lowest BCUT2D eigenvalue weighted by atomic mass is 9.93. The lowest BCUT2D eigenvalue weighted by Gasteiger charge is -2.36. The molecule has 0 atom stereocenters. The predicted octanol–water partition coefficient (Wildman–Crippen LogP) is 3.96. The fourth-order valence-electron chi connectivity index (χ4n) is 5.20. The molecule has 36 heavy (non-hydrogen) atoms. The third kappa shape index (κ3) is 4.26. The van der Waals surface area contributed by atoms with Gasteiger partial charge >= 0.3 is 0 Å². The largest absolute Gasteiger partial charge is 0.495 e. The Balaban J connectivity index is 1.17. The van der Waals surface area contributed by atoms with Crippen molar-refractivity contribution in [2.75, 3.05) is 51.3 Å². The molecule has 1 fully saturated rings. The number of para-hydroxylation sites is 2. The molecule has 1 saturated heterocycles. The summed E-state index contributed by atoms with van der Waals surface area (Å²) in [5, 5.41) is 12.1. The van der Waals surface area contributed by atoms with Crippen LogP contribution in [0.3, 0.4) is 0 Å². The molecule has 0 aromatic heterocycles. The van der Waals surface area contributed by atoms with Crippen molar-refractivity contribution in [3.05, 3.63) is 75.8 Å². The average Bonchev–Trinajstić information content (AvgIpc) is 2.91. The molecule has 186 valence electrons. The number of nitro benzene ring substituents is 1. The first-order valence-corrected chi connectivity index (χ1v) is 12.2. The lowest BCUT2D eigenvalue weighted by molar-refractivity contribution is -0.383. The van der Waals surface area contributed by atoms with E-state index in [1.165, 1.54) is 17.0 Å². The quantitative estimate of drug-likeness (QED) is 0.205. The summed E-state index contributed by atoms with van der Waals surface area (Å²) in [5.41, 5.74) is 1.70. The Morgan fingerprint density at radius 3 is 2.28 bits per heavy atom. The van der Waals surface area contributed by atoms with Crippen LogP contribution in [0.25, 0.3) is 10.8 Å². The van der Waals surface area contributed by atoms with E-state index in [1.54, 1.807) is 25.3 Å². The summed E-state index contributed by atoms with van der Waals surface area (Å²) in [6, 6.07) is 15.7. The summed E-state index contributed by atoms with van der Waals surface area (Å²) in [6.07, 6.45) is 1.56. The van der Waals surface area contributed by atoms with E-state index in [1.807, 2.05) is 18.2 Å². The second kappa shape index (κ2) is 9.94. The number of non-ortho nitro benzene ring substituents is 1. The van der Waals surface area contributed by atoms with E-state index in [0.717, 1.165) is 50.6 Å². The molecule has 2 heterocycles. The number of anilines is 1. The SMILES string of the molecule is COc1ccccc1N1CCN(CCCCN2C(=O)c3cccc4c([N+](=O)[O-])ccc(c34)C2=O)CC1. The topological polar surface area (TPSA) is 96.2 Å². The van der Waals surface area contributed by atoms with E-state index in [2.05, 4.69) is 15.9 Å². The summed E-state index contributed by atoms with van der Waals surface area (Å²) in [6.45, 7) is 4.92. The molecule has 9 heteroatoms. The Morgan fingerprint density at radius 2 is 1.56 bits per heavy atom. The average molecular weight is 489 g/mol. The van der Waals surface area contributed by atoms with Crippen LogP contribution in [-0.2, 0) is 0 Å². The lowest BCUT2D eigenvalue weighted by Crippen LogP contribution is -2.47. The first kappa shape index (κ1) is 23.7. The Hall–Kier alpha value is -3.98. The fraction of sp³-hybridized carbons (Fsp3) is 0.333. The molecule has 0 aliphatic carbocycles. The number of carbonyl (C=O) groups is 2. The fourth-order valence-corrected chi connectivity index (χ4v) is 5.20. The van der Waals surface area contributed by atoms with Crippen molar-refractivity contribution in [2.24, 2.45) is 0 Å². The molecule has 2 amide bonds. The number of imide groups is 1. The molecule has 5 rings (SSSR count). The predicted molar refractivity (Wildman–Crippen MR) is 137 cm³/mol. The molecule has 0 N–H and O–H groups in total. The molecule has 9 nitrogen and oxygen atoms in total. The van der Waals surface area contributed by atoms with Crippen LogP contribution < -0.4 is 9.64 Å². The van der Waals surface area contributed by atoms with E-state index < -0.39 is 4.92 Å². The van der Waals surface area contributed by atoms with Gasteiger partial charge in [0, 0.05) is 55.3 Å². The second-order valence-electron chi connectivity index (χ2n) is 9.09. The van der Waals surface area contributed by atoms with Crippen LogP contribution in [0.2, 0.25) is 0 Å². The van der Waals surface area contributed by atoms with E-state index in [4.69, 9.17) is 4.74 Å². The van der Waals surface area contributed by atoms with E-state index in [9.17, 15) is 19.7 Å². The van der Waals surface area contributed by atoms with Gasteiger partial charge in [-0.3, -0.25) is 29.5 Å². The van der Waals surface area contributed by atoms with E-state index >= 15 is 0 Å². The van der Waals surface area contributed by atoms with E-state index in [0.29, 0.717) is 34.9 Å². The number of methoxy groups -OCH3 is 1. The first-order chi connectivity index (χ1) is 17.5. The second-order valence-corrected chi connectivity index (χ2v) is 9.09. The summed E-state index contributed by atoms with van der Waals surface area (Å²) in [5.74, 6) is 0.113. The Kier molecular flexibility index (Phi) is 6.56. The summed E-state index contributed by atoms with van der Waals surface area (Å²) >= 11 is 0. The number of piperazine rings is 1. The van der Waals surface area contributed by atoms with Crippen molar-refractivity contribution >= 4 is 34.0 Å². The first-order valence-electron chi connectivity index (χ1n) is 12.2. The zero-order valence-electron chi connectivity index (χ0n) is 20.2. The number of unbranched alkanes of at least 4 members (excludes halogenated alkanes) is 1. The highest BCUT2D eigenvalue weighted by molar-refractivity contribution is 6.26. The van der Waals surface area contributed by atoms with Gasteiger partial charge in [-0.25, -0.2) is 0 Å². The number of benzene rings is 3. The zero-order chi connectivity index (χ0) is 25.2. The van der Waals surface area contributed by atoms with Gasteiger partial charge in [-0.2, -0.15) is 0 Å². The molecule has 0 bridgehead atoms. The molecule has 2 aliphatic heterocycles. The molecular formula is C27H28N4O5. The summed E-state index contributed by atoms with van der Waals surface area (Å²) < 4.78 is 5.49.